The number of hydrogen-bond acceptors (Lipinski definition) is 2. The van der Waals surface area contributed by atoms with Gasteiger partial charge in [-0.2, -0.15) is 0 Å². The van der Waals surface area contributed by atoms with Crippen LogP contribution in [0.5, 0.6) is 0 Å². The standard InChI is InChI=1S/C51H32N2S/c1-3-15-33(16-4-1)48-49(34-17-5-2-6-18-34)53-46-30-29-37(32-45(46)41-23-9-10-25-44(41)51(53)52-48)39-22-8-7-21-38(39)35-19-13-20-36(31-35)40-26-14-27-43-42-24-11-12-28-47(42)54-50(40)43/h1-32H. The van der Waals surface area contributed by atoms with Gasteiger partial charge in [-0.3, -0.25) is 4.40 Å². The lowest BCUT2D eigenvalue weighted by Crippen LogP contribution is -1.95. The Morgan fingerprint density at radius 1 is 0.370 bits per heavy atom. The van der Waals surface area contributed by atoms with E-state index in [4.69, 9.17) is 4.98 Å². The summed E-state index contributed by atoms with van der Waals surface area (Å²) in [7, 11) is 0. The van der Waals surface area contributed by atoms with E-state index in [2.05, 4.69) is 199 Å². The summed E-state index contributed by atoms with van der Waals surface area (Å²) in [6.45, 7) is 0. The fraction of sp³-hybridized carbons (Fsp3) is 0. The third-order valence-electron chi connectivity index (χ3n) is 10.8. The van der Waals surface area contributed by atoms with Crippen LogP contribution in [0, 0.1) is 0 Å². The van der Waals surface area contributed by atoms with Crippen molar-refractivity contribution in [1.82, 2.24) is 9.38 Å². The molecule has 0 aliphatic heterocycles. The second-order valence-electron chi connectivity index (χ2n) is 13.9. The zero-order chi connectivity index (χ0) is 35.6. The highest BCUT2D eigenvalue weighted by atomic mass is 32.1. The molecular formula is C51H32N2S. The van der Waals surface area contributed by atoms with E-state index < -0.39 is 0 Å². The van der Waals surface area contributed by atoms with Crippen molar-refractivity contribution in [3.63, 3.8) is 0 Å². The van der Waals surface area contributed by atoms with Gasteiger partial charge in [0.2, 0.25) is 0 Å². The zero-order valence-electron chi connectivity index (χ0n) is 29.3. The number of hydrogen-bond donors (Lipinski definition) is 0. The van der Waals surface area contributed by atoms with Gasteiger partial charge in [-0.1, -0.05) is 170 Å². The van der Waals surface area contributed by atoms with Crippen molar-refractivity contribution >= 4 is 58.8 Å². The first-order valence-electron chi connectivity index (χ1n) is 18.4. The van der Waals surface area contributed by atoms with Gasteiger partial charge in [-0.05, 0) is 63.0 Å². The topological polar surface area (TPSA) is 17.3 Å². The van der Waals surface area contributed by atoms with E-state index in [-0.39, 0.29) is 0 Å². The van der Waals surface area contributed by atoms with Crippen LogP contribution >= 0.6 is 11.3 Å². The number of aromatic nitrogens is 2. The fourth-order valence-corrected chi connectivity index (χ4v) is 9.58. The van der Waals surface area contributed by atoms with Crippen LogP contribution in [0.3, 0.4) is 0 Å². The summed E-state index contributed by atoms with van der Waals surface area (Å²) in [4.78, 5) is 5.40. The molecular weight excluding hydrogens is 673 g/mol. The number of nitrogens with zero attached hydrogens (tertiary/aromatic N) is 2. The number of imidazole rings is 1. The second kappa shape index (κ2) is 12.4. The smallest absolute Gasteiger partial charge is 0.146 e. The lowest BCUT2D eigenvalue weighted by atomic mass is 9.91. The molecule has 0 amide bonds. The van der Waals surface area contributed by atoms with Crippen LogP contribution in [-0.4, -0.2) is 9.38 Å². The van der Waals surface area contributed by atoms with E-state index in [1.165, 1.54) is 64.3 Å². The molecule has 0 bridgehead atoms. The molecule has 0 aliphatic rings. The molecule has 0 aliphatic carbocycles. The van der Waals surface area contributed by atoms with E-state index in [9.17, 15) is 0 Å². The fourth-order valence-electron chi connectivity index (χ4n) is 8.34. The Morgan fingerprint density at radius 2 is 0.926 bits per heavy atom. The Morgan fingerprint density at radius 3 is 1.70 bits per heavy atom. The van der Waals surface area contributed by atoms with Crippen LogP contribution in [0.15, 0.2) is 194 Å². The molecule has 0 unspecified atom stereocenters. The van der Waals surface area contributed by atoms with Gasteiger partial charge in [0.15, 0.2) is 0 Å². The highest BCUT2D eigenvalue weighted by Crippen LogP contribution is 2.43. The quantitative estimate of drug-likeness (QED) is 0.163. The molecule has 0 radical (unpaired) electrons. The first-order valence-corrected chi connectivity index (χ1v) is 19.2. The number of fused-ring (bicyclic) bond motifs is 9. The van der Waals surface area contributed by atoms with Crippen molar-refractivity contribution in [1.29, 1.82) is 0 Å². The van der Waals surface area contributed by atoms with Crippen molar-refractivity contribution in [2.24, 2.45) is 0 Å². The summed E-state index contributed by atoms with van der Waals surface area (Å²) < 4.78 is 5.04. The first-order chi connectivity index (χ1) is 26.8. The Kier molecular flexibility index (Phi) is 7.07. The molecule has 0 saturated carbocycles. The molecule has 2 nitrogen and oxygen atoms in total. The van der Waals surface area contributed by atoms with E-state index in [0.29, 0.717) is 0 Å². The monoisotopic (exact) mass is 704 g/mol. The molecule has 11 rings (SSSR count). The van der Waals surface area contributed by atoms with Crippen LogP contribution in [0.1, 0.15) is 0 Å². The summed E-state index contributed by atoms with van der Waals surface area (Å²) in [5.41, 5.74) is 13.8. The maximum Gasteiger partial charge on any atom is 0.146 e. The zero-order valence-corrected chi connectivity index (χ0v) is 30.1. The molecule has 252 valence electrons. The van der Waals surface area contributed by atoms with Gasteiger partial charge in [-0.15, -0.1) is 11.3 Å². The van der Waals surface area contributed by atoms with Crippen molar-refractivity contribution < 1.29 is 0 Å². The molecule has 0 fully saturated rings. The Balaban J connectivity index is 1.12. The summed E-state index contributed by atoms with van der Waals surface area (Å²) in [5.74, 6) is 0. The van der Waals surface area contributed by atoms with E-state index in [1.54, 1.807) is 0 Å². The second-order valence-corrected chi connectivity index (χ2v) is 14.9. The molecule has 8 aromatic carbocycles. The van der Waals surface area contributed by atoms with Gasteiger partial charge < -0.3 is 0 Å². The molecule has 0 atom stereocenters. The maximum atomic E-state index is 5.40. The van der Waals surface area contributed by atoms with Gasteiger partial charge in [-0.25, -0.2) is 4.98 Å². The maximum absolute atomic E-state index is 5.40. The summed E-state index contributed by atoms with van der Waals surface area (Å²) in [6.07, 6.45) is 0. The molecule has 54 heavy (non-hydrogen) atoms. The molecule has 3 heterocycles. The van der Waals surface area contributed by atoms with E-state index in [0.717, 1.165) is 39.1 Å². The molecule has 0 saturated heterocycles. The molecule has 3 heteroatoms. The molecule has 11 aromatic rings. The summed E-state index contributed by atoms with van der Waals surface area (Å²) >= 11 is 1.88. The minimum Gasteiger partial charge on any atom is -0.291 e. The van der Waals surface area contributed by atoms with Gasteiger partial charge in [0.05, 0.1) is 16.9 Å². The Hall–Kier alpha value is -6.81. The van der Waals surface area contributed by atoms with Crippen LogP contribution in [0.25, 0.3) is 103 Å². The minimum absolute atomic E-state index is 0.967. The van der Waals surface area contributed by atoms with Gasteiger partial charge in [0, 0.05) is 42.1 Å². The van der Waals surface area contributed by atoms with Crippen LogP contribution in [-0.2, 0) is 0 Å². The third kappa shape index (κ3) is 4.83. The van der Waals surface area contributed by atoms with Crippen LogP contribution < -0.4 is 0 Å². The minimum atomic E-state index is 0.967. The lowest BCUT2D eigenvalue weighted by molar-refractivity contribution is 1.27. The molecule has 3 aromatic heterocycles. The predicted molar refractivity (Wildman–Crippen MR) is 230 cm³/mol. The van der Waals surface area contributed by atoms with Crippen molar-refractivity contribution in [3.8, 4) is 55.9 Å². The van der Waals surface area contributed by atoms with Gasteiger partial charge in [0.25, 0.3) is 0 Å². The Labute approximate surface area is 316 Å². The van der Waals surface area contributed by atoms with Crippen LogP contribution in [0.4, 0.5) is 0 Å². The van der Waals surface area contributed by atoms with E-state index in [1.807, 2.05) is 11.3 Å². The summed E-state index contributed by atoms with van der Waals surface area (Å²) in [6, 6.07) is 70.3. The normalized spacial score (nSPS) is 11.7. The summed E-state index contributed by atoms with van der Waals surface area (Å²) in [5, 5.41) is 6.18. The highest BCUT2D eigenvalue weighted by Gasteiger charge is 2.21. The van der Waals surface area contributed by atoms with Gasteiger partial charge in [0.1, 0.15) is 5.65 Å². The highest BCUT2D eigenvalue weighted by molar-refractivity contribution is 7.26. The van der Waals surface area contributed by atoms with Crippen molar-refractivity contribution in [2.45, 2.75) is 0 Å². The molecule has 0 spiro atoms. The van der Waals surface area contributed by atoms with Crippen molar-refractivity contribution in [3.05, 3.63) is 194 Å². The number of benzene rings is 8. The predicted octanol–water partition coefficient (Wildman–Crippen LogP) is 14.3. The number of pyridine rings is 1. The third-order valence-corrected chi connectivity index (χ3v) is 12.0. The largest absolute Gasteiger partial charge is 0.291 e. The van der Waals surface area contributed by atoms with Gasteiger partial charge >= 0.3 is 0 Å². The molecule has 0 N–H and O–H groups in total. The SMILES string of the molecule is c1ccc(-c2nc3c4ccccc4c4cc(-c5ccccc5-c5cccc(-c6cccc7c6sc6ccccc67)c5)ccc4n3c2-c2ccccc2)cc1. The lowest BCUT2D eigenvalue weighted by Gasteiger charge is -2.15. The first kappa shape index (κ1) is 30.8. The Bertz CT molecular complexity index is 3210. The van der Waals surface area contributed by atoms with Crippen LogP contribution in [0.2, 0.25) is 0 Å². The average Bonchev–Trinajstić information content (AvgIpc) is 3.84. The van der Waals surface area contributed by atoms with E-state index >= 15 is 0 Å². The van der Waals surface area contributed by atoms with Crippen molar-refractivity contribution in [2.75, 3.05) is 0 Å². The average molecular weight is 705 g/mol. The number of thiophene rings is 1. The number of rotatable bonds is 5.